The van der Waals surface area contributed by atoms with E-state index in [2.05, 4.69) is 29.0 Å². The quantitative estimate of drug-likeness (QED) is 0.908. The molecule has 1 aromatic heterocycles. The van der Waals surface area contributed by atoms with E-state index in [9.17, 15) is 0 Å². The van der Waals surface area contributed by atoms with Crippen LogP contribution in [0, 0.1) is 5.92 Å². The van der Waals surface area contributed by atoms with E-state index in [0.29, 0.717) is 29.4 Å². The Kier molecular flexibility index (Phi) is 3.64. The predicted molar refractivity (Wildman–Crippen MR) is 67.2 cm³/mol. The topological polar surface area (TPSA) is 50.8 Å². The molecule has 5 heteroatoms. The Hall–Kier alpha value is -1.55. The largest absolute Gasteiger partial charge is 0.462 e. The summed E-state index contributed by atoms with van der Waals surface area (Å²) in [5, 5.41) is 7.53. The maximum Gasteiger partial charge on any atom is 0.335 e. The van der Waals surface area contributed by atoms with Crippen LogP contribution in [0.15, 0.2) is 24.3 Å². The van der Waals surface area contributed by atoms with Gasteiger partial charge < -0.3 is 4.74 Å². The number of rotatable bonds is 4. The van der Waals surface area contributed by atoms with E-state index in [1.54, 1.807) is 0 Å². The molecule has 0 aliphatic heterocycles. The van der Waals surface area contributed by atoms with Gasteiger partial charge >= 0.3 is 6.01 Å². The third kappa shape index (κ3) is 3.20. The van der Waals surface area contributed by atoms with Gasteiger partial charge in [0, 0.05) is 10.6 Å². The summed E-state index contributed by atoms with van der Waals surface area (Å²) in [6.07, 6.45) is 0. The number of nitrogens with one attached hydrogen (secondary N) is 1. The fourth-order valence-electron chi connectivity index (χ4n) is 1.29. The van der Waals surface area contributed by atoms with Crippen molar-refractivity contribution in [3.8, 4) is 17.4 Å². The fourth-order valence-corrected chi connectivity index (χ4v) is 1.42. The normalized spacial score (nSPS) is 10.8. The highest BCUT2D eigenvalue weighted by molar-refractivity contribution is 6.30. The number of aromatic amines is 1. The lowest BCUT2D eigenvalue weighted by Crippen LogP contribution is -2.05. The standard InChI is InChI=1S/C12H14ClN3O/c1-8(2)7-17-12-14-11(15-16-12)9-3-5-10(13)6-4-9/h3-6,8H,7H2,1-2H3,(H,14,15,16). The van der Waals surface area contributed by atoms with E-state index in [-0.39, 0.29) is 0 Å². The van der Waals surface area contributed by atoms with Gasteiger partial charge in [0.15, 0.2) is 5.82 Å². The van der Waals surface area contributed by atoms with Crippen LogP contribution in [-0.2, 0) is 0 Å². The van der Waals surface area contributed by atoms with Crippen molar-refractivity contribution >= 4 is 11.6 Å². The van der Waals surface area contributed by atoms with Gasteiger partial charge in [0.2, 0.25) is 0 Å². The number of benzene rings is 1. The highest BCUT2D eigenvalue weighted by atomic mass is 35.5. The van der Waals surface area contributed by atoms with Gasteiger partial charge in [-0.15, -0.1) is 5.10 Å². The first kappa shape index (κ1) is 11.9. The zero-order valence-electron chi connectivity index (χ0n) is 9.77. The minimum absolute atomic E-state index is 0.378. The molecule has 0 saturated carbocycles. The number of halogens is 1. The van der Waals surface area contributed by atoms with Crippen LogP contribution in [0.25, 0.3) is 11.4 Å². The molecule has 2 rings (SSSR count). The molecule has 0 fully saturated rings. The van der Waals surface area contributed by atoms with Gasteiger partial charge in [0.05, 0.1) is 6.61 Å². The number of nitrogens with zero attached hydrogens (tertiary/aromatic N) is 2. The molecular weight excluding hydrogens is 238 g/mol. The molecule has 1 aromatic carbocycles. The highest BCUT2D eigenvalue weighted by Gasteiger charge is 2.06. The molecule has 4 nitrogen and oxygen atoms in total. The van der Waals surface area contributed by atoms with Gasteiger partial charge in [-0.05, 0) is 30.2 Å². The molecule has 0 spiro atoms. The molecule has 0 radical (unpaired) electrons. The summed E-state index contributed by atoms with van der Waals surface area (Å²) in [7, 11) is 0. The van der Waals surface area contributed by atoms with Crippen molar-refractivity contribution in [3.05, 3.63) is 29.3 Å². The Labute approximate surface area is 105 Å². The third-order valence-corrected chi connectivity index (χ3v) is 2.38. The van der Waals surface area contributed by atoms with Gasteiger partial charge in [0.25, 0.3) is 0 Å². The van der Waals surface area contributed by atoms with Crippen LogP contribution >= 0.6 is 11.6 Å². The van der Waals surface area contributed by atoms with E-state index in [4.69, 9.17) is 16.3 Å². The first-order valence-corrected chi connectivity index (χ1v) is 5.84. The van der Waals surface area contributed by atoms with Gasteiger partial charge in [-0.1, -0.05) is 25.4 Å². The van der Waals surface area contributed by atoms with E-state index in [0.717, 1.165) is 5.56 Å². The SMILES string of the molecule is CC(C)COc1n[nH]c(-c2ccc(Cl)cc2)n1. The summed E-state index contributed by atoms with van der Waals surface area (Å²) >= 11 is 5.82. The van der Waals surface area contributed by atoms with Gasteiger partial charge in [-0.2, -0.15) is 4.98 Å². The van der Waals surface area contributed by atoms with Crippen LogP contribution in [-0.4, -0.2) is 21.8 Å². The first-order chi connectivity index (χ1) is 8.15. The molecule has 1 N–H and O–H groups in total. The van der Waals surface area contributed by atoms with Gasteiger partial charge in [-0.25, -0.2) is 0 Å². The van der Waals surface area contributed by atoms with Crippen molar-refractivity contribution < 1.29 is 4.74 Å². The lowest BCUT2D eigenvalue weighted by Gasteiger charge is -2.02. The maximum atomic E-state index is 5.82. The second-order valence-corrected chi connectivity index (χ2v) is 4.61. The first-order valence-electron chi connectivity index (χ1n) is 5.46. The summed E-state index contributed by atoms with van der Waals surface area (Å²) in [4.78, 5) is 4.25. The van der Waals surface area contributed by atoms with Crippen molar-refractivity contribution in [2.75, 3.05) is 6.61 Å². The molecule has 0 saturated heterocycles. The van der Waals surface area contributed by atoms with E-state index in [1.807, 2.05) is 24.3 Å². The summed E-state index contributed by atoms with van der Waals surface area (Å²) in [6, 6.07) is 7.77. The average Bonchev–Trinajstić information content (AvgIpc) is 2.76. The van der Waals surface area contributed by atoms with Crippen molar-refractivity contribution in [2.24, 2.45) is 5.92 Å². The van der Waals surface area contributed by atoms with Crippen LogP contribution in [0.3, 0.4) is 0 Å². The van der Waals surface area contributed by atoms with Crippen molar-refractivity contribution in [2.45, 2.75) is 13.8 Å². The summed E-state index contributed by atoms with van der Waals surface area (Å²) in [5.41, 5.74) is 0.932. The molecule has 90 valence electrons. The van der Waals surface area contributed by atoms with Gasteiger partial charge in [-0.3, -0.25) is 5.10 Å². The zero-order chi connectivity index (χ0) is 12.3. The Morgan fingerprint density at radius 1 is 1.29 bits per heavy atom. The Balaban J connectivity index is 2.10. The number of H-pyrrole nitrogens is 1. The lowest BCUT2D eigenvalue weighted by atomic mass is 10.2. The second-order valence-electron chi connectivity index (χ2n) is 4.18. The Morgan fingerprint density at radius 2 is 2.00 bits per heavy atom. The molecule has 0 bridgehead atoms. The summed E-state index contributed by atoms with van der Waals surface area (Å²) in [6.45, 7) is 4.76. The van der Waals surface area contributed by atoms with Crippen LogP contribution in [0.2, 0.25) is 5.02 Å². The monoisotopic (exact) mass is 251 g/mol. The van der Waals surface area contributed by atoms with Crippen LogP contribution in [0.1, 0.15) is 13.8 Å². The fraction of sp³-hybridized carbons (Fsp3) is 0.333. The van der Waals surface area contributed by atoms with E-state index in [1.165, 1.54) is 0 Å². The number of hydrogen-bond donors (Lipinski definition) is 1. The van der Waals surface area contributed by atoms with Crippen molar-refractivity contribution in [1.29, 1.82) is 0 Å². The van der Waals surface area contributed by atoms with E-state index < -0.39 is 0 Å². The third-order valence-electron chi connectivity index (χ3n) is 2.13. The maximum absolute atomic E-state index is 5.82. The smallest absolute Gasteiger partial charge is 0.335 e. The highest BCUT2D eigenvalue weighted by Crippen LogP contribution is 2.19. The molecule has 17 heavy (non-hydrogen) atoms. The molecule has 0 atom stereocenters. The van der Waals surface area contributed by atoms with Gasteiger partial charge in [0.1, 0.15) is 0 Å². The molecule has 0 amide bonds. The minimum Gasteiger partial charge on any atom is -0.462 e. The van der Waals surface area contributed by atoms with Crippen LogP contribution in [0.4, 0.5) is 0 Å². The molecule has 0 aliphatic rings. The molecule has 0 aliphatic carbocycles. The van der Waals surface area contributed by atoms with Crippen LogP contribution in [0.5, 0.6) is 6.01 Å². The van der Waals surface area contributed by atoms with E-state index >= 15 is 0 Å². The lowest BCUT2D eigenvalue weighted by molar-refractivity contribution is 0.252. The number of aromatic nitrogens is 3. The van der Waals surface area contributed by atoms with Crippen molar-refractivity contribution in [3.63, 3.8) is 0 Å². The zero-order valence-corrected chi connectivity index (χ0v) is 10.5. The Morgan fingerprint density at radius 3 is 2.65 bits per heavy atom. The minimum atomic E-state index is 0.378. The van der Waals surface area contributed by atoms with Crippen molar-refractivity contribution in [1.82, 2.24) is 15.2 Å². The second kappa shape index (κ2) is 5.19. The molecular formula is C12H14ClN3O. The average molecular weight is 252 g/mol. The summed E-state index contributed by atoms with van der Waals surface area (Å²) < 4.78 is 5.41. The molecule has 0 unspecified atom stereocenters. The summed E-state index contributed by atoms with van der Waals surface area (Å²) in [5.74, 6) is 1.13. The molecule has 1 heterocycles. The predicted octanol–water partition coefficient (Wildman–Crippen LogP) is 3.16. The number of hydrogen-bond acceptors (Lipinski definition) is 3. The molecule has 2 aromatic rings. The Bertz CT molecular complexity index is 479. The van der Waals surface area contributed by atoms with Crippen LogP contribution < -0.4 is 4.74 Å². The number of ether oxygens (including phenoxy) is 1.